The number of nitrogens with one attached hydrogen (secondary N) is 1. The third-order valence-corrected chi connectivity index (χ3v) is 3.03. The largest absolute Gasteiger partial charge is 0.481 e. The lowest BCUT2D eigenvalue weighted by atomic mass is 10.0. The molecular formula is C12H22N2O5. The van der Waals surface area contributed by atoms with Crippen molar-refractivity contribution >= 4 is 12.0 Å². The Balaban J connectivity index is 2.40. The predicted octanol–water partition coefficient (Wildman–Crippen LogP) is 0.0325. The maximum absolute atomic E-state index is 11.9. The average Bonchev–Trinajstić information content (AvgIpc) is 2.34. The van der Waals surface area contributed by atoms with E-state index in [0.29, 0.717) is 19.7 Å². The molecule has 1 saturated heterocycles. The molecule has 3 N–H and O–H groups in total. The molecule has 1 aliphatic rings. The van der Waals surface area contributed by atoms with Crippen LogP contribution in [0.4, 0.5) is 4.79 Å². The van der Waals surface area contributed by atoms with Crippen LogP contribution in [0.5, 0.6) is 0 Å². The van der Waals surface area contributed by atoms with E-state index in [0.717, 1.165) is 6.42 Å². The highest BCUT2D eigenvalue weighted by Crippen LogP contribution is 2.10. The molecule has 0 aromatic carbocycles. The number of nitrogens with zero attached hydrogens (tertiary/aromatic N) is 1. The van der Waals surface area contributed by atoms with Crippen LogP contribution in [0.2, 0.25) is 0 Å². The molecule has 0 spiro atoms. The van der Waals surface area contributed by atoms with Crippen molar-refractivity contribution in [2.24, 2.45) is 0 Å². The van der Waals surface area contributed by atoms with E-state index in [9.17, 15) is 14.7 Å². The van der Waals surface area contributed by atoms with Crippen LogP contribution in [0.25, 0.3) is 0 Å². The van der Waals surface area contributed by atoms with Gasteiger partial charge in [0.15, 0.2) is 0 Å². The van der Waals surface area contributed by atoms with E-state index in [4.69, 9.17) is 9.84 Å². The van der Waals surface area contributed by atoms with Crippen LogP contribution in [-0.4, -0.2) is 65.1 Å². The first-order chi connectivity index (χ1) is 8.84. The maximum atomic E-state index is 11.9. The number of urea groups is 1. The summed E-state index contributed by atoms with van der Waals surface area (Å²) in [4.78, 5) is 24.1. The topological polar surface area (TPSA) is 99.1 Å². The van der Waals surface area contributed by atoms with Crippen LogP contribution in [0.15, 0.2) is 0 Å². The molecule has 2 amide bonds. The summed E-state index contributed by atoms with van der Waals surface area (Å²) in [5.41, 5.74) is -1.45. The molecule has 2 unspecified atom stereocenters. The highest BCUT2D eigenvalue weighted by molar-refractivity contribution is 5.74. The zero-order valence-corrected chi connectivity index (χ0v) is 11.4. The van der Waals surface area contributed by atoms with Gasteiger partial charge < -0.3 is 25.2 Å². The first-order valence-electron chi connectivity index (χ1n) is 6.42. The van der Waals surface area contributed by atoms with Gasteiger partial charge >= 0.3 is 12.0 Å². The maximum Gasteiger partial charge on any atom is 0.317 e. The zero-order valence-electron chi connectivity index (χ0n) is 11.4. The average molecular weight is 274 g/mol. The van der Waals surface area contributed by atoms with Gasteiger partial charge in [0.1, 0.15) is 0 Å². The molecule has 0 saturated carbocycles. The summed E-state index contributed by atoms with van der Waals surface area (Å²) >= 11 is 0. The summed E-state index contributed by atoms with van der Waals surface area (Å²) in [5, 5.41) is 21.0. The minimum Gasteiger partial charge on any atom is -0.481 e. The molecule has 110 valence electrons. The highest BCUT2D eigenvalue weighted by Gasteiger charge is 2.27. The van der Waals surface area contributed by atoms with Crippen LogP contribution in [-0.2, 0) is 9.53 Å². The number of morpholine rings is 1. The van der Waals surface area contributed by atoms with Gasteiger partial charge in [-0.25, -0.2) is 4.79 Å². The Morgan fingerprint density at radius 3 is 2.79 bits per heavy atom. The summed E-state index contributed by atoms with van der Waals surface area (Å²) in [6.45, 7) is 4.80. The van der Waals surface area contributed by atoms with E-state index in [2.05, 4.69) is 5.32 Å². The minimum absolute atomic E-state index is 0.0408. The summed E-state index contributed by atoms with van der Waals surface area (Å²) in [6, 6.07) is -0.299. The number of carbonyl (C=O) groups excluding carboxylic acids is 1. The lowest BCUT2D eigenvalue weighted by molar-refractivity contribution is -0.141. The number of carboxylic acid groups (broad SMARTS) is 1. The number of hydrogen-bond donors (Lipinski definition) is 3. The van der Waals surface area contributed by atoms with E-state index in [-0.39, 0.29) is 18.7 Å². The van der Waals surface area contributed by atoms with Gasteiger partial charge in [0.05, 0.1) is 24.7 Å². The summed E-state index contributed by atoms with van der Waals surface area (Å²) in [7, 11) is 0. The van der Waals surface area contributed by atoms with Crippen LogP contribution in [0, 0.1) is 0 Å². The number of ether oxygens (including phenoxy) is 1. The number of aliphatic hydroxyl groups is 1. The zero-order chi connectivity index (χ0) is 14.5. The van der Waals surface area contributed by atoms with Gasteiger partial charge in [-0.1, -0.05) is 6.92 Å². The monoisotopic (exact) mass is 274 g/mol. The Hall–Kier alpha value is -1.34. The van der Waals surface area contributed by atoms with E-state index in [1.54, 1.807) is 4.90 Å². The molecule has 7 heteroatoms. The van der Waals surface area contributed by atoms with Crippen molar-refractivity contribution in [3.63, 3.8) is 0 Å². The fourth-order valence-corrected chi connectivity index (χ4v) is 1.92. The Bertz CT molecular complexity index is 332. The van der Waals surface area contributed by atoms with Crippen molar-refractivity contribution in [1.82, 2.24) is 10.2 Å². The lowest BCUT2D eigenvalue weighted by Crippen LogP contribution is -2.52. The molecule has 0 aliphatic carbocycles. The molecule has 1 fully saturated rings. The second-order valence-corrected chi connectivity index (χ2v) is 5.07. The van der Waals surface area contributed by atoms with E-state index < -0.39 is 18.0 Å². The van der Waals surface area contributed by atoms with E-state index in [1.807, 2.05) is 6.92 Å². The number of hydrogen-bond acceptors (Lipinski definition) is 4. The number of aliphatic carboxylic acids is 1. The van der Waals surface area contributed by atoms with Crippen LogP contribution < -0.4 is 5.32 Å². The van der Waals surface area contributed by atoms with Crippen molar-refractivity contribution in [3.8, 4) is 0 Å². The Morgan fingerprint density at radius 1 is 1.53 bits per heavy atom. The molecular weight excluding hydrogens is 252 g/mol. The lowest BCUT2D eigenvalue weighted by Gasteiger charge is -2.33. The molecule has 7 nitrogen and oxygen atoms in total. The van der Waals surface area contributed by atoms with Crippen molar-refractivity contribution in [3.05, 3.63) is 0 Å². The van der Waals surface area contributed by atoms with Crippen LogP contribution >= 0.6 is 0 Å². The molecule has 1 heterocycles. The third-order valence-electron chi connectivity index (χ3n) is 3.03. The van der Waals surface area contributed by atoms with Gasteiger partial charge in [-0.15, -0.1) is 0 Å². The fraction of sp³-hybridized carbons (Fsp3) is 0.833. The van der Waals surface area contributed by atoms with Crippen molar-refractivity contribution in [2.45, 2.75) is 38.4 Å². The van der Waals surface area contributed by atoms with E-state index >= 15 is 0 Å². The Kier molecular flexibility index (Phi) is 5.56. The van der Waals surface area contributed by atoms with Crippen LogP contribution in [0.3, 0.4) is 0 Å². The summed E-state index contributed by atoms with van der Waals surface area (Å²) < 4.78 is 5.46. The standard InChI is InChI=1S/C12H22N2O5/c1-3-9-7-14(4-5-19-9)11(17)13-8-12(2,18)6-10(15)16/h9,18H,3-8H2,1-2H3,(H,13,17)(H,15,16). The molecule has 19 heavy (non-hydrogen) atoms. The first kappa shape index (κ1) is 15.7. The molecule has 1 aliphatic heterocycles. The number of amides is 2. The minimum atomic E-state index is -1.45. The molecule has 0 radical (unpaired) electrons. The molecule has 2 atom stereocenters. The van der Waals surface area contributed by atoms with Gasteiger partial charge in [-0.05, 0) is 13.3 Å². The van der Waals surface area contributed by atoms with Gasteiger partial charge in [-0.3, -0.25) is 4.79 Å². The number of carbonyl (C=O) groups is 2. The highest BCUT2D eigenvalue weighted by atomic mass is 16.5. The first-order valence-corrected chi connectivity index (χ1v) is 6.42. The quantitative estimate of drug-likeness (QED) is 0.657. The number of rotatable bonds is 5. The molecule has 0 aromatic rings. The Labute approximate surface area is 112 Å². The Morgan fingerprint density at radius 2 is 2.21 bits per heavy atom. The second kappa shape index (κ2) is 6.72. The van der Waals surface area contributed by atoms with E-state index in [1.165, 1.54) is 6.92 Å². The smallest absolute Gasteiger partial charge is 0.317 e. The molecule has 0 bridgehead atoms. The van der Waals surface area contributed by atoms with Crippen LogP contribution in [0.1, 0.15) is 26.7 Å². The SMILES string of the molecule is CCC1CN(C(=O)NCC(C)(O)CC(=O)O)CCO1. The summed E-state index contributed by atoms with van der Waals surface area (Å²) in [6.07, 6.45) is 0.466. The number of carboxylic acids is 1. The molecule has 1 rings (SSSR count). The third kappa shape index (κ3) is 5.44. The predicted molar refractivity (Wildman–Crippen MR) is 67.9 cm³/mol. The summed E-state index contributed by atoms with van der Waals surface area (Å²) in [5.74, 6) is -1.10. The van der Waals surface area contributed by atoms with Gasteiger partial charge in [-0.2, -0.15) is 0 Å². The fourth-order valence-electron chi connectivity index (χ4n) is 1.92. The van der Waals surface area contributed by atoms with Gasteiger partial charge in [0.25, 0.3) is 0 Å². The normalized spacial score (nSPS) is 22.7. The van der Waals surface area contributed by atoms with Crippen molar-refractivity contribution < 1.29 is 24.5 Å². The molecule has 0 aromatic heterocycles. The van der Waals surface area contributed by atoms with Gasteiger partial charge in [0.2, 0.25) is 0 Å². The van der Waals surface area contributed by atoms with Crippen molar-refractivity contribution in [2.75, 3.05) is 26.2 Å². The van der Waals surface area contributed by atoms with Crippen molar-refractivity contribution in [1.29, 1.82) is 0 Å². The second-order valence-electron chi connectivity index (χ2n) is 5.07. The van der Waals surface area contributed by atoms with Gasteiger partial charge in [0, 0.05) is 19.6 Å².